The van der Waals surface area contributed by atoms with E-state index in [1.165, 1.54) is 0 Å². The number of ether oxygens (including phenoxy) is 1. The summed E-state index contributed by atoms with van der Waals surface area (Å²) in [7, 11) is 0. The summed E-state index contributed by atoms with van der Waals surface area (Å²) >= 11 is 0. The van der Waals surface area contributed by atoms with Crippen LogP contribution in [-0.4, -0.2) is 28.6 Å². The number of esters is 1. The van der Waals surface area contributed by atoms with Crippen LogP contribution in [0.5, 0.6) is 0 Å². The third-order valence-electron chi connectivity index (χ3n) is 1.64. The second kappa shape index (κ2) is 5.23. The number of anilines is 1. The van der Waals surface area contributed by atoms with Gasteiger partial charge in [0.05, 0.1) is 6.61 Å². The van der Waals surface area contributed by atoms with Crippen molar-refractivity contribution in [1.29, 1.82) is 0 Å². The van der Waals surface area contributed by atoms with Crippen molar-refractivity contribution in [3.63, 3.8) is 0 Å². The summed E-state index contributed by atoms with van der Waals surface area (Å²) in [6.07, 6.45) is 1.08. The van der Waals surface area contributed by atoms with E-state index in [4.69, 9.17) is 4.74 Å². The lowest BCUT2D eigenvalue weighted by molar-refractivity contribution is -0.143. The smallest absolute Gasteiger partial charge is 0.328 e. The van der Waals surface area contributed by atoms with Crippen molar-refractivity contribution in [3.8, 4) is 0 Å². The highest BCUT2D eigenvalue weighted by Gasteiger charge is 2.13. The standard InChI is InChI=1S/C9H12FN3O2/c1-3-15-9(14)6(2)13-8-4-7(10)11-5-12-8/h4-6H,3H2,1-2H3,(H,11,12,13). The van der Waals surface area contributed by atoms with Gasteiger partial charge in [-0.3, -0.25) is 0 Å². The summed E-state index contributed by atoms with van der Waals surface area (Å²) < 4.78 is 17.4. The minimum Gasteiger partial charge on any atom is -0.464 e. The molecule has 1 N–H and O–H groups in total. The topological polar surface area (TPSA) is 64.1 Å². The first-order valence-corrected chi connectivity index (χ1v) is 4.54. The van der Waals surface area contributed by atoms with Gasteiger partial charge in [-0.05, 0) is 13.8 Å². The van der Waals surface area contributed by atoms with Crippen molar-refractivity contribution >= 4 is 11.8 Å². The van der Waals surface area contributed by atoms with Crippen molar-refractivity contribution in [2.45, 2.75) is 19.9 Å². The summed E-state index contributed by atoms with van der Waals surface area (Å²) in [4.78, 5) is 18.3. The van der Waals surface area contributed by atoms with E-state index in [-0.39, 0.29) is 5.82 Å². The number of carbonyl (C=O) groups is 1. The van der Waals surface area contributed by atoms with Gasteiger partial charge in [-0.2, -0.15) is 4.39 Å². The van der Waals surface area contributed by atoms with Crippen LogP contribution in [0.25, 0.3) is 0 Å². The molecule has 0 aromatic carbocycles. The zero-order valence-corrected chi connectivity index (χ0v) is 8.53. The molecule has 0 bridgehead atoms. The Hall–Kier alpha value is -1.72. The molecule has 1 aromatic rings. The number of carbonyl (C=O) groups excluding carboxylic acids is 1. The Morgan fingerprint density at radius 2 is 2.40 bits per heavy atom. The minimum atomic E-state index is -0.649. The molecule has 0 aliphatic carbocycles. The predicted molar refractivity (Wildman–Crippen MR) is 51.7 cm³/mol. The zero-order valence-electron chi connectivity index (χ0n) is 8.53. The minimum absolute atomic E-state index is 0.253. The largest absolute Gasteiger partial charge is 0.464 e. The number of nitrogens with zero attached hydrogens (tertiary/aromatic N) is 2. The number of aromatic nitrogens is 2. The third-order valence-corrected chi connectivity index (χ3v) is 1.64. The Bertz CT molecular complexity index is 346. The summed E-state index contributed by atoms with van der Waals surface area (Å²) in [6, 6.07) is 0.537. The molecule has 0 saturated heterocycles. The molecule has 1 atom stereocenters. The van der Waals surface area contributed by atoms with Crippen LogP contribution in [0.4, 0.5) is 10.2 Å². The molecular formula is C9H12FN3O2. The number of halogens is 1. The van der Waals surface area contributed by atoms with Crippen LogP contribution in [-0.2, 0) is 9.53 Å². The molecule has 1 heterocycles. The molecule has 0 aliphatic rings. The summed E-state index contributed by atoms with van der Waals surface area (Å²) in [5, 5.41) is 2.70. The van der Waals surface area contributed by atoms with Gasteiger partial charge in [-0.1, -0.05) is 0 Å². The normalized spacial score (nSPS) is 11.9. The van der Waals surface area contributed by atoms with Gasteiger partial charge < -0.3 is 10.1 Å². The molecule has 0 fully saturated rings. The first-order valence-electron chi connectivity index (χ1n) is 4.54. The molecular weight excluding hydrogens is 201 g/mol. The third kappa shape index (κ3) is 3.49. The highest BCUT2D eigenvalue weighted by atomic mass is 19.1. The van der Waals surface area contributed by atoms with Crippen molar-refractivity contribution in [2.75, 3.05) is 11.9 Å². The molecule has 82 valence electrons. The van der Waals surface area contributed by atoms with Crippen LogP contribution in [0.15, 0.2) is 12.4 Å². The molecule has 0 spiro atoms. The van der Waals surface area contributed by atoms with Crippen LogP contribution in [0, 0.1) is 5.95 Å². The van der Waals surface area contributed by atoms with Gasteiger partial charge in [0.25, 0.3) is 0 Å². The Labute approximate surface area is 86.7 Å². The lowest BCUT2D eigenvalue weighted by Gasteiger charge is -2.12. The van der Waals surface area contributed by atoms with Gasteiger partial charge in [-0.25, -0.2) is 14.8 Å². The van der Waals surface area contributed by atoms with E-state index in [9.17, 15) is 9.18 Å². The average molecular weight is 213 g/mol. The lowest BCUT2D eigenvalue weighted by Crippen LogP contribution is -2.28. The number of rotatable bonds is 4. The summed E-state index contributed by atoms with van der Waals surface area (Å²) in [6.45, 7) is 3.63. The maximum absolute atomic E-state index is 12.7. The van der Waals surface area contributed by atoms with Crippen LogP contribution in [0.2, 0.25) is 0 Å². The molecule has 1 aromatic heterocycles. The Morgan fingerprint density at radius 3 is 3.00 bits per heavy atom. The maximum Gasteiger partial charge on any atom is 0.328 e. The fraction of sp³-hybridized carbons (Fsp3) is 0.444. The van der Waals surface area contributed by atoms with Crippen molar-refractivity contribution < 1.29 is 13.9 Å². The first-order chi connectivity index (χ1) is 7.13. The monoisotopic (exact) mass is 213 g/mol. The second-order valence-electron chi connectivity index (χ2n) is 2.84. The molecule has 0 aliphatic heterocycles. The van der Waals surface area contributed by atoms with E-state index in [2.05, 4.69) is 15.3 Å². The second-order valence-corrected chi connectivity index (χ2v) is 2.84. The Kier molecular flexibility index (Phi) is 3.96. The number of hydrogen-bond donors (Lipinski definition) is 1. The highest BCUT2D eigenvalue weighted by Crippen LogP contribution is 2.05. The Balaban J connectivity index is 2.58. The van der Waals surface area contributed by atoms with Crippen LogP contribution < -0.4 is 5.32 Å². The maximum atomic E-state index is 12.7. The molecule has 6 heteroatoms. The molecule has 0 radical (unpaired) electrons. The van der Waals surface area contributed by atoms with Gasteiger partial charge in [0.1, 0.15) is 18.2 Å². The van der Waals surface area contributed by atoms with Crippen LogP contribution in [0.1, 0.15) is 13.8 Å². The van der Waals surface area contributed by atoms with E-state index < -0.39 is 18.0 Å². The van der Waals surface area contributed by atoms with Crippen molar-refractivity contribution in [1.82, 2.24) is 9.97 Å². The predicted octanol–water partition coefficient (Wildman–Crippen LogP) is 0.979. The van der Waals surface area contributed by atoms with E-state index >= 15 is 0 Å². The van der Waals surface area contributed by atoms with E-state index in [0.29, 0.717) is 6.61 Å². The van der Waals surface area contributed by atoms with Crippen molar-refractivity contribution in [2.24, 2.45) is 0 Å². The van der Waals surface area contributed by atoms with Gasteiger partial charge >= 0.3 is 5.97 Å². The number of hydrogen-bond acceptors (Lipinski definition) is 5. The Morgan fingerprint density at radius 1 is 1.67 bits per heavy atom. The molecule has 15 heavy (non-hydrogen) atoms. The van der Waals surface area contributed by atoms with Crippen molar-refractivity contribution in [3.05, 3.63) is 18.3 Å². The SMILES string of the molecule is CCOC(=O)C(C)Nc1cc(F)ncn1. The first kappa shape index (κ1) is 11.4. The average Bonchev–Trinajstić information content (AvgIpc) is 2.18. The van der Waals surface area contributed by atoms with E-state index in [1.807, 2.05) is 0 Å². The van der Waals surface area contributed by atoms with Gasteiger partial charge in [-0.15, -0.1) is 0 Å². The van der Waals surface area contributed by atoms with E-state index in [0.717, 1.165) is 12.4 Å². The van der Waals surface area contributed by atoms with Crippen LogP contribution >= 0.6 is 0 Å². The summed E-state index contributed by atoms with van der Waals surface area (Å²) in [5.74, 6) is -0.803. The molecule has 1 unspecified atom stereocenters. The molecule has 0 amide bonds. The quantitative estimate of drug-likeness (QED) is 0.596. The highest BCUT2D eigenvalue weighted by molar-refractivity contribution is 5.78. The summed E-state index contributed by atoms with van der Waals surface area (Å²) in [5.41, 5.74) is 0. The molecule has 1 rings (SSSR count). The molecule has 0 saturated carbocycles. The number of nitrogens with one attached hydrogen (secondary N) is 1. The fourth-order valence-corrected chi connectivity index (χ4v) is 0.961. The van der Waals surface area contributed by atoms with Gasteiger partial charge in [0.2, 0.25) is 5.95 Å². The van der Waals surface area contributed by atoms with Crippen LogP contribution in [0.3, 0.4) is 0 Å². The van der Waals surface area contributed by atoms with Gasteiger partial charge in [0.15, 0.2) is 0 Å². The lowest BCUT2D eigenvalue weighted by atomic mass is 10.3. The fourth-order valence-electron chi connectivity index (χ4n) is 0.961. The molecule has 5 nitrogen and oxygen atoms in total. The van der Waals surface area contributed by atoms with Gasteiger partial charge in [0, 0.05) is 6.07 Å². The van der Waals surface area contributed by atoms with E-state index in [1.54, 1.807) is 13.8 Å². The zero-order chi connectivity index (χ0) is 11.3.